The Balaban J connectivity index is 1.73. The Hall–Kier alpha value is -0.300. The Labute approximate surface area is 114 Å². The SMILES string of the molecule is BrC1CCCCCC1CCCc1ccccc1. The van der Waals surface area contributed by atoms with Gasteiger partial charge in [0.2, 0.25) is 0 Å². The van der Waals surface area contributed by atoms with E-state index in [2.05, 4.69) is 46.3 Å². The van der Waals surface area contributed by atoms with Crippen LogP contribution in [-0.2, 0) is 6.42 Å². The first-order valence-electron chi connectivity index (χ1n) is 7.04. The Morgan fingerprint density at radius 2 is 1.76 bits per heavy atom. The van der Waals surface area contributed by atoms with Crippen molar-refractivity contribution in [3.8, 4) is 0 Å². The van der Waals surface area contributed by atoms with Gasteiger partial charge in [-0.05, 0) is 43.6 Å². The van der Waals surface area contributed by atoms with E-state index in [1.807, 2.05) is 0 Å². The maximum absolute atomic E-state index is 3.89. The molecule has 0 bridgehead atoms. The minimum absolute atomic E-state index is 0.778. The molecule has 0 spiro atoms. The highest BCUT2D eigenvalue weighted by molar-refractivity contribution is 9.09. The molecular formula is C16H23Br. The molecule has 1 aromatic carbocycles. The minimum atomic E-state index is 0.778. The Morgan fingerprint density at radius 1 is 1.00 bits per heavy atom. The number of hydrogen-bond acceptors (Lipinski definition) is 0. The summed E-state index contributed by atoms with van der Waals surface area (Å²) in [6, 6.07) is 10.9. The van der Waals surface area contributed by atoms with E-state index in [-0.39, 0.29) is 0 Å². The van der Waals surface area contributed by atoms with Gasteiger partial charge in [0, 0.05) is 4.83 Å². The van der Waals surface area contributed by atoms with Crippen LogP contribution in [0.25, 0.3) is 0 Å². The molecule has 2 atom stereocenters. The van der Waals surface area contributed by atoms with Crippen molar-refractivity contribution >= 4 is 15.9 Å². The van der Waals surface area contributed by atoms with Crippen LogP contribution >= 0.6 is 15.9 Å². The van der Waals surface area contributed by atoms with E-state index >= 15 is 0 Å². The molecule has 0 saturated heterocycles. The maximum Gasteiger partial charge on any atom is 0.0174 e. The summed E-state index contributed by atoms with van der Waals surface area (Å²) >= 11 is 3.89. The molecule has 2 rings (SSSR count). The average Bonchev–Trinajstić information content (AvgIpc) is 2.56. The predicted molar refractivity (Wildman–Crippen MR) is 78.7 cm³/mol. The highest BCUT2D eigenvalue weighted by Crippen LogP contribution is 2.32. The zero-order valence-electron chi connectivity index (χ0n) is 10.6. The van der Waals surface area contributed by atoms with Gasteiger partial charge in [0.1, 0.15) is 0 Å². The summed E-state index contributed by atoms with van der Waals surface area (Å²) in [5.74, 6) is 0.918. The van der Waals surface area contributed by atoms with Crippen LogP contribution in [0, 0.1) is 5.92 Å². The molecule has 1 saturated carbocycles. The van der Waals surface area contributed by atoms with Crippen LogP contribution in [0.15, 0.2) is 30.3 Å². The van der Waals surface area contributed by atoms with Crippen LogP contribution in [-0.4, -0.2) is 4.83 Å². The van der Waals surface area contributed by atoms with Gasteiger partial charge in [-0.15, -0.1) is 0 Å². The highest BCUT2D eigenvalue weighted by atomic mass is 79.9. The lowest BCUT2D eigenvalue weighted by Gasteiger charge is -2.19. The fourth-order valence-electron chi connectivity index (χ4n) is 2.88. The molecule has 0 amide bonds. The van der Waals surface area contributed by atoms with Crippen LogP contribution in [0.4, 0.5) is 0 Å². The first-order chi connectivity index (χ1) is 8.36. The fraction of sp³-hybridized carbons (Fsp3) is 0.625. The number of halogens is 1. The maximum atomic E-state index is 3.89. The van der Waals surface area contributed by atoms with E-state index < -0.39 is 0 Å². The number of hydrogen-bond donors (Lipinski definition) is 0. The van der Waals surface area contributed by atoms with Crippen molar-refractivity contribution in [1.29, 1.82) is 0 Å². The second-order valence-corrected chi connectivity index (χ2v) is 6.47. The standard InChI is InChI=1S/C16H23Br/c17-16-13-6-2-5-11-15(16)12-7-10-14-8-3-1-4-9-14/h1,3-4,8-9,15-16H,2,5-7,10-13H2. The Bertz CT molecular complexity index is 307. The number of rotatable bonds is 4. The van der Waals surface area contributed by atoms with Gasteiger partial charge in [0.15, 0.2) is 0 Å². The number of aryl methyl sites for hydroxylation is 1. The van der Waals surface area contributed by atoms with E-state index in [4.69, 9.17) is 0 Å². The van der Waals surface area contributed by atoms with Gasteiger partial charge >= 0.3 is 0 Å². The Kier molecular flexibility index (Phi) is 5.57. The van der Waals surface area contributed by atoms with Crippen LogP contribution in [0.2, 0.25) is 0 Å². The molecule has 0 radical (unpaired) electrons. The monoisotopic (exact) mass is 294 g/mol. The normalized spacial score (nSPS) is 25.5. The summed E-state index contributed by atoms with van der Waals surface area (Å²) in [6.07, 6.45) is 11.1. The van der Waals surface area contributed by atoms with E-state index in [1.54, 1.807) is 0 Å². The quantitative estimate of drug-likeness (QED) is 0.518. The first kappa shape index (κ1) is 13.1. The average molecular weight is 295 g/mol. The molecule has 2 unspecified atom stereocenters. The van der Waals surface area contributed by atoms with E-state index in [1.165, 1.54) is 56.9 Å². The molecule has 0 heterocycles. The summed E-state index contributed by atoms with van der Waals surface area (Å²) in [5, 5.41) is 0. The van der Waals surface area contributed by atoms with E-state index in [0.29, 0.717) is 0 Å². The summed E-state index contributed by atoms with van der Waals surface area (Å²) < 4.78 is 0. The fourth-order valence-corrected chi connectivity index (χ4v) is 3.73. The van der Waals surface area contributed by atoms with Crippen LogP contribution in [0.5, 0.6) is 0 Å². The molecule has 0 N–H and O–H groups in total. The zero-order valence-corrected chi connectivity index (χ0v) is 12.2. The Morgan fingerprint density at radius 3 is 2.59 bits per heavy atom. The summed E-state index contributed by atoms with van der Waals surface area (Å²) in [5.41, 5.74) is 1.49. The smallest absolute Gasteiger partial charge is 0.0174 e. The number of benzene rings is 1. The summed E-state index contributed by atoms with van der Waals surface area (Å²) in [4.78, 5) is 0.778. The van der Waals surface area contributed by atoms with Crippen molar-refractivity contribution in [2.45, 2.75) is 56.2 Å². The highest BCUT2D eigenvalue weighted by Gasteiger charge is 2.20. The van der Waals surface area contributed by atoms with E-state index in [0.717, 1.165) is 10.7 Å². The van der Waals surface area contributed by atoms with Crippen molar-refractivity contribution in [1.82, 2.24) is 0 Å². The summed E-state index contributed by atoms with van der Waals surface area (Å²) in [7, 11) is 0. The molecule has 1 aliphatic rings. The van der Waals surface area contributed by atoms with Gasteiger partial charge in [0.05, 0.1) is 0 Å². The minimum Gasteiger partial charge on any atom is -0.0888 e. The van der Waals surface area contributed by atoms with Crippen molar-refractivity contribution in [3.63, 3.8) is 0 Å². The van der Waals surface area contributed by atoms with Gasteiger partial charge in [-0.2, -0.15) is 0 Å². The zero-order chi connectivity index (χ0) is 11.9. The predicted octanol–water partition coefficient (Wildman–Crippen LogP) is 5.35. The third-order valence-electron chi connectivity index (χ3n) is 3.95. The van der Waals surface area contributed by atoms with Gasteiger partial charge in [-0.25, -0.2) is 0 Å². The summed E-state index contributed by atoms with van der Waals surface area (Å²) in [6.45, 7) is 0. The molecule has 1 aliphatic carbocycles. The lowest BCUT2D eigenvalue weighted by molar-refractivity contribution is 0.431. The molecule has 0 aromatic heterocycles. The third kappa shape index (κ3) is 4.46. The van der Waals surface area contributed by atoms with Crippen molar-refractivity contribution < 1.29 is 0 Å². The van der Waals surface area contributed by atoms with Crippen LogP contribution in [0.1, 0.15) is 50.5 Å². The number of alkyl halides is 1. The van der Waals surface area contributed by atoms with Crippen LogP contribution < -0.4 is 0 Å². The molecule has 0 aliphatic heterocycles. The second-order valence-electron chi connectivity index (χ2n) is 5.29. The largest absolute Gasteiger partial charge is 0.0888 e. The molecule has 94 valence electrons. The molecule has 17 heavy (non-hydrogen) atoms. The van der Waals surface area contributed by atoms with Crippen molar-refractivity contribution in [2.75, 3.05) is 0 Å². The van der Waals surface area contributed by atoms with Gasteiger partial charge < -0.3 is 0 Å². The second kappa shape index (κ2) is 7.20. The molecule has 1 aromatic rings. The molecular weight excluding hydrogens is 272 g/mol. The molecule has 0 nitrogen and oxygen atoms in total. The van der Waals surface area contributed by atoms with Gasteiger partial charge in [0.25, 0.3) is 0 Å². The lowest BCUT2D eigenvalue weighted by Crippen LogP contribution is -2.12. The topological polar surface area (TPSA) is 0 Å². The molecule has 1 fully saturated rings. The third-order valence-corrected chi connectivity index (χ3v) is 5.15. The van der Waals surface area contributed by atoms with Crippen molar-refractivity contribution in [2.24, 2.45) is 5.92 Å². The lowest BCUT2D eigenvalue weighted by atomic mass is 9.93. The van der Waals surface area contributed by atoms with Crippen LogP contribution in [0.3, 0.4) is 0 Å². The molecule has 1 heteroatoms. The first-order valence-corrected chi connectivity index (χ1v) is 7.96. The van der Waals surface area contributed by atoms with Gasteiger partial charge in [-0.1, -0.05) is 65.5 Å². The van der Waals surface area contributed by atoms with Gasteiger partial charge in [-0.3, -0.25) is 0 Å². The van der Waals surface area contributed by atoms with E-state index in [9.17, 15) is 0 Å². The van der Waals surface area contributed by atoms with Crippen molar-refractivity contribution in [3.05, 3.63) is 35.9 Å².